The fourth-order valence-electron chi connectivity index (χ4n) is 2.25. The highest BCUT2D eigenvalue weighted by molar-refractivity contribution is 5.69. The predicted octanol–water partition coefficient (Wildman–Crippen LogP) is 2.89. The summed E-state index contributed by atoms with van der Waals surface area (Å²) in [6, 6.07) is 9.74. The third-order valence-corrected chi connectivity index (χ3v) is 3.29. The Morgan fingerprint density at radius 1 is 1.10 bits per heavy atom. The van der Waals surface area contributed by atoms with Crippen molar-refractivity contribution in [1.82, 2.24) is 20.0 Å². The van der Waals surface area contributed by atoms with Crippen LogP contribution < -0.4 is 0 Å². The van der Waals surface area contributed by atoms with Gasteiger partial charge in [0.15, 0.2) is 0 Å². The van der Waals surface area contributed by atoms with Gasteiger partial charge in [-0.2, -0.15) is 10.2 Å². The summed E-state index contributed by atoms with van der Waals surface area (Å²) in [4.78, 5) is 0. The summed E-state index contributed by atoms with van der Waals surface area (Å²) >= 11 is 0. The molecular weight excluding hydrogens is 252 g/mol. The van der Waals surface area contributed by atoms with E-state index in [0.29, 0.717) is 5.56 Å². The monoisotopic (exact) mass is 268 g/mol. The Bertz CT molecular complexity index is 753. The third-order valence-electron chi connectivity index (χ3n) is 3.29. The Morgan fingerprint density at radius 3 is 2.40 bits per heavy atom. The number of hydrogen-bond acceptors (Lipinski definition) is 3. The van der Waals surface area contributed by atoms with Gasteiger partial charge in [0.1, 0.15) is 0 Å². The number of aryl methyl sites for hydroxylation is 3. The van der Waals surface area contributed by atoms with Gasteiger partial charge in [0.25, 0.3) is 0 Å². The van der Waals surface area contributed by atoms with Gasteiger partial charge in [-0.05, 0) is 39.0 Å². The molecule has 0 atom stereocenters. The van der Waals surface area contributed by atoms with Gasteiger partial charge in [0.2, 0.25) is 5.88 Å². The molecule has 0 unspecified atom stereocenters. The number of nitrogens with zero attached hydrogens (tertiary/aromatic N) is 3. The van der Waals surface area contributed by atoms with Crippen LogP contribution in [0.2, 0.25) is 0 Å². The van der Waals surface area contributed by atoms with Crippen LogP contribution in [0.4, 0.5) is 0 Å². The number of aromatic nitrogens is 4. The van der Waals surface area contributed by atoms with Crippen LogP contribution in [0.15, 0.2) is 30.3 Å². The normalized spacial score (nSPS) is 10.9. The Balaban J connectivity index is 2.13. The van der Waals surface area contributed by atoms with Gasteiger partial charge in [-0.3, -0.25) is 5.10 Å². The smallest absolute Gasteiger partial charge is 0.224 e. The maximum atomic E-state index is 10.4. The average Bonchev–Trinajstić information content (AvgIpc) is 2.95. The molecule has 3 rings (SSSR count). The maximum absolute atomic E-state index is 10.4. The lowest BCUT2D eigenvalue weighted by Crippen LogP contribution is -1.95. The van der Waals surface area contributed by atoms with E-state index in [0.717, 1.165) is 22.8 Å². The quantitative estimate of drug-likeness (QED) is 0.751. The summed E-state index contributed by atoms with van der Waals surface area (Å²) in [5, 5.41) is 21.9. The van der Waals surface area contributed by atoms with Crippen LogP contribution in [0, 0.1) is 20.8 Å². The molecular formula is C15H16N4O. The minimum absolute atomic E-state index is 0.120. The first-order valence-corrected chi connectivity index (χ1v) is 6.44. The molecule has 1 aromatic carbocycles. The first-order valence-electron chi connectivity index (χ1n) is 6.44. The third kappa shape index (κ3) is 1.97. The molecule has 0 fully saturated rings. The second kappa shape index (κ2) is 4.52. The first kappa shape index (κ1) is 12.5. The molecule has 0 spiro atoms. The lowest BCUT2D eigenvalue weighted by Gasteiger charge is -2.03. The van der Waals surface area contributed by atoms with Crippen LogP contribution in [-0.2, 0) is 0 Å². The zero-order chi connectivity index (χ0) is 14.3. The number of aromatic hydroxyl groups is 1. The van der Waals surface area contributed by atoms with Gasteiger partial charge in [0.05, 0.1) is 28.3 Å². The molecule has 0 aliphatic rings. The molecule has 0 amide bonds. The molecule has 5 nitrogen and oxygen atoms in total. The standard InChI is InChI=1S/C15H16N4O/c1-9-4-6-12(7-5-9)19-15(20)14(11(3)18-19)13-8-10(2)16-17-13/h4-8,20H,1-3H3,(H,16,17). The fourth-order valence-corrected chi connectivity index (χ4v) is 2.25. The van der Waals surface area contributed by atoms with Crippen molar-refractivity contribution in [3.05, 3.63) is 47.3 Å². The van der Waals surface area contributed by atoms with Crippen LogP contribution >= 0.6 is 0 Å². The second-order valence-electron chi connectivity index (χ2n) is 4.95. The molecule has 0 saturated heterocycles. The maximum Gasteiger partial charge on any atom is 0.224 e. The van der Waals surface area contributed by atoms with Crippen molar-refractivity contribution < 1.29 is 5.11 Å². The highest BCUT2D eigenvalue weighted by Crippen LogP contribution is 2.33. The molecule has 2 N–H and O–H groups in total. The Hall–Kier alpha value is -2.56. The molecule has 102 valence electrons. The van der Waals surface area contributed by atoms with Gasteiger partial charge in [-0.25, -0.2) is 4.68 Å². The van der Waals surface area contributed by atoms with E-state index < -0.39 is 0 Å². The van der Waals surface area contributed by atoms with E-state index >= 15 is 0 Å². The van der Waals surface area contributed by atoms with Gasteiger partial charge in [-0.15, -0.1) is 0 Å². The molecule has 2 heterocycles. The zero-order valence-electron chi connectivity index (χ0n) is 11.7. The minimum atomic E-state index is 0.120. The number of hydrogen-bond donors (Lipinski definition) is 2. The van der Waals surface area contributed by atoms with E-state index in [1.165, 1.54) is 5.56 Å². The van der Waals surface area contributed by atoms with E-state index in [-0.39, 0.29) is 5.88 Å². The molecule has 3 aromatic rings. The van der Waals surface area contributed by atoms with Crippen LogP contribution in [0.1, 0.15) is 17.0 Å². The Kier molecular flexibility index (Phi) is 2.82. The SMILES string of the molecule is Cc1ccc(-n2nc(C)c(-c3cc(C)n[nH]3)c2O)cc1. The minimum Gasteiger partial charge on any atom is -0.493 e. The Labute approximate surface area is 116 Å². The fraction of sp³-hybridized carbons (Fsp3) is 0.200. The van der Waals surface area contributed by atoms with Crippen molar-refractivity contribution in [2.45, 2.75) is 20.8 Å². The molecule has 0 bridgehead atoms. The van der Waals surface area contributed by atoms with Gasteiger partial charge >= 0.3 is 0 Å². The van der Waals surface area contributed by atoms with Crippen molar-refractivity contribution in [2.24, 2.45) is 0 Å². The van der Waals surface area contributed by atoms with Crippen molar-refractivity contribution in [3.8, 4) is 22.8 Å². The van der Waals surface area contributed by atoms with Gasteiger partial charge in [-0.1, -0.05) is 17.7 Å². The molecule has 2 aromatic heterocycles. The summed E-state index contributed by atoms with van der Waals surface area (Å²) in [6.07, 6.45) is 0. The van der Waals surface area contributed by atoms with Crippen molar-refractivity contribution in [2.75, 3.05) is 0 Å². The number of H-pyrrole nitrogens is 1. The lowest BCUT2D eigenvalue weighted by atomic mass is 10.2. The molecule has 5 heteroatoms. The second-order valence-corrected chi connectivity index (χ2v) is 4.95. The summed E-state index contributed by atoms with van der Waals surface area (Å²) in [5.41, 5.74) is 5.09. The molecule has 0 radical (unpaired) electrons. The summed E-state index contributed by atoms with van der Waals surface area (Å²) < 4.78 is 1.54. The summed E-state index contributed by atoms with van der Waals surface area (Å²) in [7, 11) is 0. The molecule has 0 aliphatic heterocycles. The highest BCUT2D eigenvalue weighted by Gasteiger charge is 2.18. The Morgan fingerprint density at radius 2 is 1.80 bits per heavy atom. The number of benzene rings is 1. The molecule has 20 heavy (non-hydrogen) atoms. The van der Waals surface area contributed by atoms with E-state index in [4.69, 9.17) is 0 Å². The van der Waals surface area contributed by atoms with Crippen LogP contribution in [0.25, 0.3) is 16.9 Å². The number of aromatic amines is 1. The van der Waals surface area contributed by atoms with E-state index in [2.05, 4.69) is 15.3 Å². The van der Waals surface area contributed by atoms with Gasteiger partial charge in [0, 0.05) is 0 Å². The van der Waals surface area contributed by atoms with E-state index in [1.807, 2.05) is 51.1 Å². The molecule has 0 saturated carbocycles. The van der Waals surface area contributed by atoms with Crippen LogP contribution in [0.5, 0.6) is 5.88 Å². The van der Waals surface area contributed by atoms with E-state index in [9.17, 15) is 5.11 Å². The van der Waals surface area contributed by atoms with Crippen LogP contribution in [0.3, 0.4) is 0 Å². The van der Waals surface area contributed by atoms with Gasteiger partial charge < -0.3 is 5.11 Å². The number of rotatable bonds is 2. The predicted molar refractivity (Wildman–Crippen MR) is 77.0 cm³/mol. The van der Waals surface area contributed by atoms with Crippen molar-refractivity contribution >= 4 is 0 Å². The average molecular weight is 268 g/mol. The lowest BCUT2D eigenvalue weighted by molar-refractivity contribution is 0.435. The number of nitrogens with one attached hydrogen (secondary N) is 1. The van der Waals surface area contributed by atoms with Crippen molar-refractivity contribution in [1.29, 1.82) is 0 Å². The first-order chi connectivity index (χ1) is 9.56. The van der Waals surface area contributed by atoms with Crippen LogP contribution in [-0.4, -0.2) is 25.1 Å². The van der Waals surface area contributed by atoms with Crippen molar-refractivity contribution in [3.63, 3.8) is 0 Å². The summed E-state index contributed by atoms with van der Waals surface area (Å²) in [5.74, 6) is 0.120. The van der Waals surface area contributed by atoms with E-state index in [1.54, 1.807) is 4.68 Å². The highest BCUT2D eigenvalue weighted by atomic mass is 16.3. The molecule has 0 aliphatic carbocycles. The topological polar surface area (TPSA) is 66.7 Å². The summed E-state index contributed by atoms with van der Waals surface area (Å²) in [6.45, 7) is 5.80. The zero-order valence-corrected chi connectivity index (χ0v) is 11.7. The largest absolute Gasteiger partial charge is 0.493 e.